The smallest absolute Gasteiger partial charge is 0.332 e. The third-order valence-corrected chi connectivity index (χ3v) is 3.82. The number of rotatable bonds is 13. The van der Waals surface area contributed by atoms with Crippen molar-refractivity contribution >= 4 is 5.97 Å². The van der Waals surface area contributed by atoms with Crippen LogP contribution in [0.1, 0.15) is 64.7 Å². The first-order valence-corrected chi connectivity index (χ1v) is 8.61. The maximum Gasteiger partial charge on any atom is 0.332 e. The molecular formula is C20H32O3. The Morgan fingerprint density at radius 3 is 2.61 bits per heavy atom. The van der Waals surface area contributed by atoms with Crippen molar-refractivity contribution < 1.29 is 14.6 Å². The third kappa shape index (κ3) is 13.8. The molecule has 0 aliphatic heterocycles. The van der Waals surface area contributed by atoms with Gasteiger partial charge in [-0.1, -0.05) is 50.2 Å². The fourth-order valence-corrected chi connectivity index (χ4v) is 2.33. The van der Waals surface area contributed by atoms with E-state index < -0.39 is 12.1 Å². The highest BCUT2D eigenvalue weighted by molar-refractivity contribution is 5.72. The second-order valence-electron chi connectivity index (χ2n) is 5.93. The van der Waals surface area contributed by atoms with Gasteiger partial charge in [-0.05, 0) is 44.1 Å². The van der Waals surface area contributed by atoms with Crippen LogP contribution in [0.15, 0.2) is 24.8 Å². The fourth-order valence-electron chi connectivity index (χ4n) is 2.33. The number of unbranched alkanes of at least 4 members (excludes halogenated alkanes) is 3. The molecule has 0 radical (unpaired) electrons. The predicted octanol–water partition coefficient (Wildman–Crippen LogP) is 4.98. The van der Waals surface area contributed by atoms with E-state index in [2.05, 4.69) is 31.4 Å². The van der Waals surface area contributed by atoms with Crippen molar-refractivity contribution in [1.82, 2.24) is 0 Å². The molecule has 130 valence electrons. The van der Waals surface area contributed by atoms with E-state index in [1.165, 1.54) is 39.2 Å². The van der Waals surface area contributed by atoms with E-state index in [1.54, 1.807) is 0 Å². The fraction of sp³-hybridized carbons (Fsp3) is 0.650. The summed E-state index contributed by atoms with van der Waals surface area (Å²) in [5, 5.41) is 8.81. The number of methoxy groups -OCH3 is 1. The Labute approximate surface area is 141 Å². The van der Waals surface area contributed by atoms with Gasteiger partial charge in [0, 0.05) is 13.5 Å². The zero-order chi connectivity index (χ0) is 17.3. The number of carboxylic acids is 1. The van der Waals surface area contributed by atoms with Crippen molar-refractivity contribution in [2.75, 3.05) is 7.11 Å². The Hall–Kier alpha value is -1.53. The second kappa shape index (κ2) is 15.4. The Balaban J connectivity index is 3.62. The summed E-state index contributed by atoms with van der Waals surface area (Å²) in [6.07, 6.45) is 14.7. The van der Waals surface area contributed by atoms with E-state index >= 15 is 0 Å². The average molecular weight is 320 g/mol. The van der Waals surface area contributed by atoms with Gasteiger partial charge in [0.15, 0.2) is 6.10 Å². The molecule has 0 spiro atoms. The molecule has 0 fully saturated rings. The van der Waals surface area contributed by atoms with Gasteiger partial charge in [-0.25, -0.2) is 4.79 Å². The van der Waals surface area contributed by atoms with Crippen molar-refractivity contribution in [2.45, 2.75) is 70.8 Å². The normalized spacial score (nSPS) is 13.3. The molecule has 3 heteroatoms. The lowest BCUT2D eigenvalue weighted by Crippen LogP contribution is -2.21. The molecule has 0 aromatic carbocycles. The molecule has 0 aromatic rings. The zero-order valence-corrected chi connectivity index (χ0v) is 14.7. The molecule has 2 atom stereocenters. The summed E-state index contributed by atoms with van der Waals surface area (Å²) in [5.41, 5.74) is 0. The van der Waals surface area contributed by atoms with E-state index in [0.717, 1.165) is 18.8 Å². The van der Waals surface area contributed by atoms with Crippen molar-refractivity contribution in [1.29, 1.82) is 0 Å². The number of carboxylic acid groups (broad SMARTS) is 1. The van der Waals surface area contributed by atoms with Gasteiger partial charge in [-0.2, -0.15) is 0 Å². The molecule has 0 heterocycles. The highest BCUT2D eigenvalue weighted by Gasteiger charge is 2.14. The van der Waals surface area contributed by atoms with E-state index in [-0.39, 0.29) is 0 Å². The van der Waals surface area contributed by atoms with E-state index in [4.69, 9.17) is 9.84 Å². The molecule has 3 nitrogen and oxygen atoms in total. The van der Waals surface area contributed by atoms with Gasteiger partial charge in [-0.15, -0.1) is 6.58 Å². The van der Waals surface area contributed by atoms with Gasteiger partial charge in [0.25, 0.3) is 0 Å². The Morgan fingerprint density at radius 2 is 1.96 bits per heavy atom. The van der Waals surface area contributed by atoms with Gasteiger partial charge >= 0.3 is 5.97 Å². The molecule has 0 unspecified atom stereocenters. The molecule has 0 bridgehead atoms. The molecule has 0 rings (SSSR count). The SMILES string of the molecule is C=CCCCC[C@@H](C)CCC/C=C/C#CCC[C@H](OC)C(=O)O. The van der Waals surface area contributed by atoms with Gasteiger partial charge in [0.2, 0.25) is 0 Å². The number of hydrogen-bond acceptors (Lipinski definition) is 2. The van der Waals surface area contributed by atoms with Gasteiger partial charge in [0.1, 0.15) is 0 Å². The Bertz CT molecular complexity index is 401. The highest BCUT2D eigenvalue weighted by Crippen LogP contribution is 2.16. The second-order valence-corrected chi connectivity index (χ2v) is 5.93. The Kier molecular flexibility index (Phi) is 14.3. The number of carbonyl (C=O) groups is 1. The van der Waals surface area contributed by atoms with Crippen molar-refractivity contribution in [2.24, 2.45) is 5.92 Å². The van der Waals surface area contributed by atoms with Crippen LogP contribution in [0.3, 0.4) is 0 Å². The van der Waals surface area contributed by atoms with Crippen LogP contribution in [0, 0.1) is 17.8 Å². The van der Waals surface area contributed by atoms with E-state index in [1.807, 2.05) is 12.2 Å². The molecule has 0 amide bonds. The van der Waals surface area contributed by atoms with Gasteiger partial charge in [0.05, 0.1) is 0 Å². The van der Waals surface area contributed by atoms with Crippen molar-refractivity contribution in [3.8, 4) is 11.8 Å². The molecule has 23 heavy (non-hydrogen) atoms. The lowest BCUT2D eigenvalue weighted by molar-refractivity contribution is -0.148. The largest absolute Gasteiger partial charge is 0.479 e. The van der Waals surface area contributed by atoms with Crippen LogP contribution in [0.5, 0.6) is 0 Å². The molecule has 0 aliphatic rings. The van der Waals surface area contributed by atoms with Crippen LogP contribution >= 0.6 is 0 Å². The van der Waals surface area contributed by atoms with Gasteiger partial charge < -0.3 is 9.84 Å². The molecule has 0 saturated carbocycles. The molecule has 0 aliphatic carbocycles. The standard InChI is InChI=1S/C20H32O3/c1-4-5-6-12-15-18(2)16-13-10-8-7-9-11-14-17-19(23-3)20(21)22/h4,7-8,18-19H,1,5-6,10,12-17H2,2-3H3,(H,21,22)/b8-7+/t18-,19+/m1/s1. The molecular weight excluding hydrogens is 288 g/mol. The first-order chi connectivity index (χ1) is 11.1. The lowest BCUT2D eigenvalue weighted by atomic mass is 9.97. The number of aliphatic carboxylic acids is 1. The number of hydrogen-bond donors (Lipinski definition) is 1. The average Bonchev–Trinajstić information content (AvgIpc) is 2.53. The van der Waals surface area contributed by atoms with Crippen molar-refractivity contribution in [3.63, 3.8) is 0 Å². The molecule has 0 aromatic heterocycles. The van der Waals surface area contributed by atoms with Crippen LogP contribution in [0.25, 0.3) is 0 Å². The van der Waals surface area contributed by atoms with E-state index in [0.29, 0.717) is 12.8 Å². The van der Waals surface area contributed by atoms with Crippen LogP contribution in [0.4, 0.5) is 0 Å². The summed E-state index contributed by atoms with van der Waals surface area (Å²) in [7, 11) is 1.41. The minimum atomic E-state index is -0.927. The third-order valence-electron chi connectivity index (χ3n) is 3.82. The highest BCUT2D eigenvalue weighted by atomic mass is 16.5. The first kappa shape index (κ1) is 21.5. The maximum absolute atomic E-state index is 10.7. The van der Waals surface area contributed by atoms with Gasteiger partial charge in [-0.3, -0.25) is 0 Å². The molecule has 0 saturated heterocycles. The molecule has 1 N–H and O–H groups in total. The van der Waals surface area contributed by atoms with Crippen LogP contribution in [0.2, 0.25) is 0 Å². The summed E-state index contributed by atoms with van der Waals surface area (Å²) in [6.45, 7) is 6.07. The minimum absolute atomic E-state index is 0.427. The first-order valence-electron chi connectivity index (χ1n) is 8.61. The van der Waals surface area contributed by atoms with E-state index in [9.17, 15) is 4.79 Å². The number of allylic oxidation sites excluding steroid dienone is 3. The van der Waals surface area contributed by atoms with Crippen molar-refractivity contribution in [3.05, 3.63) is 24.8 Å². The maximum atomic E-state index is 10.7. The predicted molar refractivity (Wildman–Crippen MR) is 96.3 cm³/mol. The van der Waals surface area contributed by atoms with Crippen LogP contribution in [-0.2, 0) is 9.53 Å². The lowest BCUT2D eigenvalue weighted by Gasteiger charge is -2.09. The monoisotopic (exact) mass is 320 g/mol. The summed E-state index contributed by atoms with van der Waals surface area (Å²) in [6, 6.07) is 0. The summed E-state index contributed by atoms with van der Waals surface area (Å²) in [5.74, 6) is 5.77. The number of ether oxygens (including phenoxy) is 1. The topological polar surface area (TPSA) is 46.5 Å². The quantitative estimate of drug-likeness (QED) is 0.296. The Morgan fingerprint density at radius 1 is 1.22 bits per heavy atom. The summed E-state index contributed by atoms with van der Waals surface area (Å²) >= 11 is 0. The van der Waals surface area contributed by atoms with Crippen LogP contribution < -0.4 is 0 Å². The van der Waals surface area contributed by atoms with Crippen LogP contribution in [-0.4, -0.2) is 24.3 Å². The summed E-state index contributed by atoms with van der Waals surface area (Å²) in [4.78, 5) is 10.7. The zero-order valence-electron chi connectivity index (χ0n) is 14.7. The minimum Gasteiger partial charge on any atom is -0.479 e. The summed E-state index contributed by atoms with van der Waals surface area (Å²) < 4.78 is 4.85.